The highest BCUT2D eigenvalue weighted by Crippen LogP contribution is 2.39. The van der Waals surface area contributed by atoms with Crippen molar-refractivity contribution in [3.05, 3.63) is 30.0 Å². The van der Waals surface area contributed by atoms with E-state index in [1.807, 2.05) is 31.2 Å². The van der Waals surface area contributed by atoms with E-state index in [-0.39, 0.29) is 11.8 Å². The predicted octanol–water partition coefficient (Wildman–Crippen LogP) is 4.31. The fourth-order valence-electron chi connectivity index (χ4n) is 3.97. The summed E-state index contributed by atoms with van der Waals surface area (Å²) in [5.74, 6) is -0.512. The van der Waals surface area contributed by atoms with Gasteiger partial charge in [0.2, 0.25) is 12.4 Å². The van der Waals surface area contributed by atoms with Gasteiger partial charge in [-0.2, -0.15) is 4.98 Å². The lowest BCUT2D eigenvalue weighted by molar-refractivity contribution is -0.0333. The molecule has 4 atom stereocenters. The molecule has 33 heavy (non-hydrogen) atoms. The fraction of sp³-hybridized carbons (Fsp3) is 0.522. The summed E-state index contributed by atoms with van der Waals surface area (Å²) < 4.78 is 27.7. The first-order chi connectivity index (χ1) is 15.5. The maximum atomic E-state index is 13.3. The summed E-state index contributed by atoms with van der Waals surface area (Å²) in [5, 5.41) is 27.6. The van der Waals surface area contributed by atoms with Gasteiger partial charge in [-0.3, -0.25) is 0 Å². The molecule has 1 saturated carbocycles. The number of benzene rings is 1. The Bertz CT molecular complexity index is 1100. The average molecular weight is 478 g/mol. The number of nitrogens with one attached hydrogen (secondary N) is 2. The highest BCUT2D eigenvalue weighted by Gasteiger charge is 2.46. The molecule has 4 unspecified atom stereocenters. The third kappa shape index (κ3) is 5.07. The molecule has 0 aliphatic heterocycles. The minimum atomic E-state index is -2.72. The number of rotatable bonds is 6. The van der Waals surface area contributed by atoms with E-state index in [2.05, 4.69) is 41.4 Å². The van der Waals surface area contributed by atoms with Gasteiger partial charge in [0.25, 0.3) is 0 Å². The fourth-order valence-corrected chi connectivity index (χ4v) is 5.03. The molecule has 0 amide bonds. The maximum absolute atomic E-state index is 13.3. The molecule has 1 aliphatic carbocycles. The number of aliphatic hydroxyl groups is 2. The molecule has 2 heterocycles. The molecule has 178 valence electrons. The molecule has 1 fully saturated rings. The molecule has 1 aromatic carbocycles. The molecule has 4 rings (SSSR count). The molecule has 4 N–H and O–H groups in total. The van der Waals surface area contributed by atoms with Gasteiger partial charge in [0, 0.05) is 6.54 Å². The number of anilines is 2. The number of hydrogen-bond acceptors (Lipinski definition) is 8. The quantitative estimate of drug-likeness (QED) is 0.420. The summed E-state index contributed by atoms with van der Waals surface area (Å²) in [5.41, 5.74) is 2.15. The van der Waals surface area contributed by atoms with E-state index < -0.39 is 30.6 Å². The van der Waals surface area contributed by atoms with Crippen LogP contribution in [0.5, 0.6) is 0 Å². The van der Waals surface area contributed by atoms with E-state index in [4.69, 9.17) is 4.98 Å². The van der Waals surface area contributed by atoms with Crippen LogP contribution in [-0.2, 0) is 0 Å². The Morgan fingerprint density at radius 1 is 1.12 bits per heavy atom. The Hall–Kier alpha value is -2.43. The lowest BCUT2D eigenvalue weighted by atomic mass is 9.97. The molecule has 3 aromatic rings. The molecule has 0 saturated heterocycles. The molecule has 0 spiro atoms. The molecule has 2 aromatic heterocycles. The maximum Gasteiger partial charge on any atom is 0.244 e. The van der Waals surface area contributed by atoms with E-state index in [1.54, 1.807) is 0 Å². The van der Waals surface area contributed by atoms with Crippen molar-refractivity contribution in [1.29, 1.82) is 0 Å². The second kappa shape index (κ2) is 9.08. The second-order valence-corrected chi connectivity index (χ2v) is 10.8. The van der Waals surface area contributed by atoms with Crippen molar-refractivity contribution in [2.75, 3.05) is 17.2 Å². The first-order valence-corrected chi connectivity index (χ1v) is 11.7. The minimum Gasteiger partial charge on any atom is -0.390 e. The van der Waals surface area contributed by atoms with E-state index in [9.17, 15) is 19.0 Å². The van der Waals surface area contributed by atoms with Crippen molar-refractivity contribution >= 4 is 33.3 Å². The van der Waals surface area contributed by atoms with Gasteiger partial charge in [-0.25, -0.2) is 18.7 Å². The Balaban J connectivity index is 1.74. The zero-order valence-electron chi connectivity index (χ0n) is 19.0. The van der Waals surface area contributed by atoms with Gasteiger partial charge in [-0.1, -0.05) is 32.9 Å². The van der Waals surface area contributed by atoms with Crippen LogP contribution in [0.3, 0.4) is 0 Å². The SMILES string of the molecule is Cc1nc(NCC(C)(C)C)nc(NC2CC(C(F)F)C(O)C2O)c1-c1nc2ccccc2s1. The van der Waals surface area contributed by atoms with Crippen LogP contribution < -0.4 is 10.6 Å². The van der Waals surface area contributed by atoms with Gasteiger partial charge >= 0.3 is 0 Å². The summed E-state index contributed by atoms with van der Waals surface area (Å²) in [4.78, 5) is 14.0. The smallest absolute Gasteiger partial charge is 0.244 e. The van der Waals surface area contributed by atoms with Gasteiger partial charge < -0.3 is 20.8 Å². The van der Waals surface area contributed by atoms with Gasteiger partial charge in [0.1, 0.15) is 16.9 Å². The Morgan fingerprint density at radius 2 is 1.85 bits per heavy atom. The summed E-state index contributed by atoms with van der Waals surface area (Å²) in [6, 6.07) is 6.96. The van der Waals surface area contributed by atoms with Crippen molar-refractivity contribution in [3.8, 4) is 10.6 Å². The van der Waals surface area contributed by atoms with Gasteiger partial charge in [-0.05, 0) is 30.9 Å². The minimum absolute atomic E-state index is 0.00714. The lowest BCUT2D eigenvalue weighted by Crippen LogP contribution is -2.36. The number of aromatic nitrogens is 3. The van der Waals surface area contributed by atoms with Crippen molar-refractivity contribution < 1.29 is 19.0 Å². The number of thiazole rings is 1. The summed E-state index contributed by atoms with van der Waals surface area (Å²) in [6.07, 6.45) is -5.64. The summed E-state index contributed by atoms with van der Waals surface area (Å²) in [6.45, 7) is 8.73. The van der Waals surface area contributed by atoms with Crippen LogP contribution in [0.1, 0.15) is 32.9 Å². The average Bonchev–Trinajstić information content (AvgIpc) is 3.28. The standard InChI is InChI=1S/C23H29F2N5O2S/c1-11-16(21-29-13-7-5-6-8-15(13)33-21)20(30-22(27-11)26-10-23(2,3)4)28-14-9-12(19(24)25)17(31)18(14)32/h5-8,12,14,17-19,31-32H,9-10H2,1-4H3,(H2,26,27,28,30). The van der Waals surface area contributed by atoms with Crippen LogP contribution >= 0.6 is 11.3 Å². The summed E-state index contributed by atoms with van der Waals surface area (Å²) in [7, 11) is 0. The number of fused-ring (bicyclic) bond motifs is 1. The van der Waals surface area contributed by atoms with Crippen LogP contribution in [0.25, 0.3) is 20.8 Å². The van der Waals surface area contributed by atoms with Crippen molar-refractivity contribution in [2.45, 2.75) is 58.8 Å². The molecule has 0 bridgehead atoms. The van der Waals surface area contributed by atoms with Crippen LogP contribution in [0.2, 0.25) is 0 Å². The number of halogens is 2. The number of nitrogens with zero attached hydrogens (tertiary/aromatic N) is 3. The van der Waals surface area contributed by atoms with Crippen LogP contribution in [0.15, 0.2) is 24.3 Å². The van der Waals surface area contributed by atoms with Gasteiger partial charge in [-0.15, -0.1) is 11.3 Å². The third-order valence-electron chi connectivity index (χ3n) is 5.75. The van der Waals surface area contributed by atoms with E-state index in [0.29, 0.717) is 34.6 Å². The topological polar surface area (TPSA) is 103 Å². The van der Waals surface area contributed by atoms with Crippen LogP contribution in [0.4, 0.5) is 20.5 Å². The highest BCUT2D eigenvalue weighted by atomic mass is 32.1. The second-order valence-electron chi connectivity index (χ2n) is 9.72. The number of para-hydroxylation sites is 1. The number of hydrogen-bond donors (Lipinski definition) is 4. The number of aliphatic hydroxyl groups excluding tert-OH is 2. The van der Waals surface area contributed by atoms with Gasteiger partial charge in [0.15, 0.2) is 0 Å². The molecule has 1 aliphatic rings. The zero-order chi connectivity index (χ0) is 23.9. The molecular weight excluding hydrogens is 448 g/mol. The molecule has 7 nitrogen and oxygen atoms in total. The third-order valence-corrected chi connectivity index (χ3v) is 6.80. The number of aryl methyl sites for hydroxylation is 1. The van der Waals surface area contributed by atoms with Crippen LogP contribution in [0, 0.1) is 18.3 Å². The Kier molecular flexibility index (Phi) is 6.52. The van der Waals surface area contributed by atoms with Crippen molar-refractivity contribution in [2.24, 2.45) is 11.3 Å². The lowest BCUT2D eigenvalue weighted by Gasteiger charge is -2.22. The molecule has 0 radical (unpaired) electrons. The Labute approximate surface area is 195 Å². The van der Waals surface area contributed by atoms with Crippen LogP contribution in [-0.4, -0.2) is 56.4 Å². The predicted molar refractivity (Wildman–Crippen MR) is 127 cm³/mol. The zero-order valence-corrected chi connectivity index (χ0v) is 19.8. The monoisotopic (exact) mass is 477 g/mol. The van der Waals surface area contributed by atoms with E-state index in [1.165, 1.54) is 11.3 Å². The molecular formula is C23H29F2N5O2S. The first-order valence-electron chi connectivity index (χ1n) is 10.9. The first kappa shape index (κ1) is 23.7. The highest BCUT2D eigenvalue weighted by molar-refractivity contribution is 7.21. The Morgan fingerprint density at radius 3 is 2.48 bits per heavy atom. The van der Waals surface area contributed by atoms with E-state index >= 15 is 0 Å². The molecule has 10 heteroatoms. The normalized spacial score (nSPS) is 23.4. The summed E-state index contributed by atoms with van der Waals surface area (Å²) >= 11 is 1.48. The van der Waals surface area contributed by atoms with Gasteiger partial charge in [0.05, 0.1) is 39.5 Å². The largest absolute Gasteiger partial charge is 0.390 e. The van der Waals surface area contributed by atoms with Crippen molar-refractivity contribution in [3.63, 3.8) is 0 Å². The van der Waals surface area contributed by atoms with E-state index in [0.717, 1.165) is 10.2 Å². The number of alkyl halides is 2. The van der Waals surface area contributed by atoms with Crippen molar-refractivity contribution in [1.82, 2.24) is 15.0 Å².